The number of carbonyl (C=O) groups is 1. The first kappa shape index (κ1) is 22.7. The number of amides is 1. The lowest BCUT2D eigenvalue weighted by molar-refractivity contribution is -0.137. The zero-order valence-electron chi connectivity index (χ0n) is 19.3. The molecule has 0 N–H and O–H groups in total. The van der Waals surface area contributed by atoms with Gasteiger partial charge in [0, 0.05) is 26.2 Å². The molecule has 0 radical (unpaired) electrons. The number of carbonyl (C=O) groups excluding carboxylic acids is 1. The predicted molar refractivity (Wildman–Crippen MR) is 127 cm³/mol. The Hall–Kier alpha value is -2.53. The van der Waals surface area contributed by atoms with Crippen molar-refractivity contribution in [2.24, 2.45) is 5.92 Å². The maximum atomic E-state index is 13.1. The smallest absolute Gasteiger partial charge is 0.226 e. The van der Waals surface area contributed by atoms with Crippen LogP contribution in [0.3, 0.4) is 0 Å². The van der Waals surface area contributed by atoms with E-state index >= 15 is 0 Å². The SMILES string of the molecule is COc1cc(CN2CCC[C@@H](C(=O)N3CCCCCC3)C2)ccc1OCc1ccccc1. The van der Waals surface area contributed by atoms with Crippen LogP contribution < -0.4 is 9.47 Å². The van der Waals surface area contributed by atoms with Gasteiger partial charge in [-0.05, 0) is 55.5 Å². The van der Waals surface area contributed by atoms with Crippen LogP contribution in [-0.4, -0.2) is 49.0 Å². The van der Waals surface area contributed by atoms with Crippen molar-refractivity contribution in [3.63, 3.8) is 0 Å². The Labute approximate surface area is 192 Å². The molecule has 4 rings (SSSR count). The highest BCUT2D eigenvalue weighted by molar-refractivity contribution is 5.79. The molecular formula is C27H36N2O3. The summed E-state index contributed by atoms with van der Waals surface area (Å²) >= 11 is 0. The molecule has 2 aromatic rings. The zero-order chi connectivity index (χ0) is 22.2. The van der Waals surface area contributed by atoms with E-state index in [2.05, 4.69) is 34.1 Å². The van der Waals surface area contributed by atoms with Crippen LogP contribution in [0.2, 0.25) is 0 Å². The largest absolute Gasteiger partial charge is 0.493 e. The summed E-state index contributed by atoms with van der Waals surface area (Å²) in [7, 11) is 1.69. The number of hydrogen-bond donors (Lipinski definition) is 0. The molecule has 0 aromatic heterocycles. The number of nitrogens with zero attached hydrogens (tertiary/aromatic N) is 2. The van der Waals surface area contributed by atoms with Crippen LogP contribution in [0.4, 0.5) is 0 Å². The second kappa shape index (κ2) is 11.4. The first-order valence-electron chi connectivity index (χ1n) is 12.1. The standard InChI is InChI=1S/C27H36N2O3/c1-31-26-18-23(13-14-25(26)32-21-22-10-5-4-6-11-22)19-28-15-9-12-24(20-28)27(30)29-16-7-2-3-8-17-29/h4-6,10-11,13-14,18,24H,2-3,7-9,12,15-17,19-21H2,1H3/t24-/m1/s1. The fourth-order valence-corrected chi connectivity index (χ4v) is 4.87. The van der Waals surface area contributed by atoms with E-state index in [0.29, 0.717) is 12.5 Å². The van der Waals surface area contributed by atoms with Gasteiger partial charge in [-0.1, -0.05) is 49.2 Å². The van der Waals surface area contributed by atoms with Crippen molar-refractivity contribution in [2.75, 3.05) is 33.3 Å². The summed E-state index contributed by atoms with van der Waals surface area (Å²) in [6.45, 7) is 5.12. The summed E-state index contributed by atoms with van der Waals surface area (Å²) in [6, 6.07) is 16.3. The van der Waals surface area contributed by atoms with Crippen LogP contribution >= 0.6 is 0 Å². The average Bonchev–Trinajstić information content (AvgIpc) is 3.13. The number of ether oxygens (including phenoxy) is 2. The number of methoxy groups -OCH3 is 1. The van der Waals surface area contributed by atoms with Gasteiger partial charge in [-0.2, -0.15) is 0 Å². The third-order valence-corrected chi connectivity index (χ3v) is 6.64. The summed E-state index contributed by atoms with van der Waals surface area (Å²) in [5, 5.41) is 0. The number of likely N-dealkylation sites (tertiary alicyclic amines) is 2. The van der Waals surface area contributed by atoms with Gasteiger partial charge >= 0.3 is 0 Å². The van der Waals surface area contributed by atoms with Gasteiger partial charge in [-0.15, -0.1) is 0 Å². The summed E-state index contributed by atoms with van der Waals surface area (Å²) in [5.74, 6) is 2.02. The molecule has 2 aromatic carbocycles. The fraction of sp³-hybridized carbons (Fsp3) is 0.519. The Morgan fingerprint density at radius 2 is 1.69 bits per heavy atom. The monoisotopic (exact) mass is 436 g/mol. The molecule has 2 heterocycles. The maximum Gasteiger partial charge on any atom is 0.226 e. The van der Waals surface area contributed by atoms with E-state index in [4.69, 9.17) is 9.47 Å². The molecule has 2 aliphatic heterocycles. The van der Waals surface area contributed by atoms with Crippen molar-refractivity contribution in [3.8, 4) is 11.5 Å². The van der Waals surface area contributed by atoms with Gasteiger partial charge in [-0.3, -0.25) is 9.69 Å². The van der Waals surface area contributed by atoms with Gasteiger partial charge in [-0.25, -0.2) is 0 Å². The predicted octanol–water partition coefficient (Wildman–Crippen LogP) is 4.89. The number of benzene rings is 2. The van der Waals surface area contributed by atoms with Crippen LogP contribution in [0.15, 0.2) is 48.5 Å². The summed E-state index contributed by atoms with van der Waals surface area (Å²) in [5.41, 5.74) is 2.32. The third-order valence-electron chi connectivity index (χ3n) is 6.64. The first-order chi connectivity index (χ1) is 15.7. The van der Waals surface area contributed by atoms with Gasteiger partial charge in [0.05, 0.1) is 13.0 Å². The lowest BCUT2D eigenvalue weighted by atomic mass is 9.96. The lowest BCUT2D eigenvalue weighted by Crippen LogP contribution is -2.44. The van der Waals surface area contributed by atoms with Crippen LogP contribution in [0.5, 0.6) is 11.5 Å². The molecule has 0 aliphatic carbocycles. The quantitative estimate of drug-likeness (QED) is 0.620. The Bertz CT molecular complexity index is 862. The van der Waals surface area contributed by atoms with Gasteiger partial charge < -0.3 is 14.4 Å². The van der Waals surface area contributed by atoms with E-state index < -0.39 is 0 Å². The van der Waals surface area contributed by atoms with Crippen molar-refractivity contribution in [1.29, 1.82) is 0 Å². The van der Waals surface area contributed by atoms with E-state index in [0.717, 1.165) is 75.5 Å². The molecule has 2 saturated heterocycles. The van der Waals surface area contributed by atoms with Crippen molar-refractivity contribution in [3.05, 3.63) is 59.7 Å². The summed E-state index contributed by atoms with van der Waals surface area (Å²) in [6.07, 6.45) is 6.92. The highest BCUT2D eigenvalue weighted by Crippen LogP contribution is 2.30. The normalized spacial score (nSPS) is 19.9. The van der Waals surface area contributed by atoms with Gasteiger partial charge in [0.15, 0.2) is 11.5 Å². The van der Waals surface area contributed by atoms with Crippen LogP contribution in [0.25, 0.3) is 0 Å². The minimum absolute atomic E-state index is 0.136. The first-order valence-corrected chi connectivity index (χ1v) is 12.1. The van der Waals surface area contributed by atoms with Gasteiger partial charge in [0.1, 0.15) is 6.61 Å². The molecular weight excluding hydrogens is 400 g/mol. The highest BCUT2D eigenvalue weighted by atomic mass is 16.5. The average molecular weight is 437 g/mol. The van der Waals surface area contributed by atoms with E-state index in [-0.39, 0.29) is 5.92 Å². The summed E-state index contributed by atoms with van der Waals surface area (Å²) in [4.78, 5) is 17.6. The number of piperidine rings is 1. The Morgan fingerprint density at radius 1 is 0.906 bits per heavy atom. The molecule has 1 atom stereocenters. The van der Waals surface area contributed by atoms with E-state index in [1.54, 1.807) is 7.11 Å². The second-order valence-electron chi connectivity index (χ2n) is 9.07. The molecule has 5 nitrogen and oxygen atoms in total. The molecule has 0 unspecified atom stereocenters. The van der Waals surface area contributed by atoms with Crippen molar-refractivity contribution in [1.82, 2.24) is 9.80 Å². The van der Waals surface area contributed by atoms with Crippen molar-refractivity contribution in [2.45, 2.75) is 51.7 Å². The topological polar surface area (TPSA) is 42.0 Å². The minimum atomic E-state index is 0.136. The van der Waals surface area contributed by atoms with E-state index in [9.17, 15) is 4.79 Å². The molecule has 0 saturated carbocycles. The molecule has 2 aliphatic rings. The van der Waals surface area contributed by atoms with Gasteiger partial charge in [0.25, 0.3) is 0 Å². The molecule has 0 bridgehead atoms. The lowest BCUT2D eigenvalue weighted by Gasteiger charge is -2.35. The third kappa shape index (κ3) is 6.04. The number of rotatable bonds is 7. The van der Waals surface area contributed by atoms with Crippen molar-refractivity contribution < 1.29 is 14.3 Å². The Balaban J connectivity index is 1.35. The molecule has 2 fully saturated rings. The van der Waals surface area contributed by atoms with Crippen molar-refractivity contribution >= 4 is 5.91 Å². The molecule has 0 spiro atoms. The molecule has 1 amide bonds. The van der Waals surface area contributed by atoms with Gasteiger partial charge in [0.2, 0.25) is 5.91 Å². The second-order valence-corrected chi connectivity index (χ2v) is 9.07. The minimum Gasteiger partial charge on any atom is -0.493 e. The van der Waals surface area contributed by atoms with Crippen LogP contribution in [-0.2, 0) is 17.9 Å². The Morgan fingerprint density at radius 3 is 2.44 bits per heavy atom. The number of hydrogen-bond acceptors (Lipinski definition) is 4. The van der Waals surface area contributed by atoms with E-state index in [1.165, 1.54) is 18.4 Å². The van der Waals surface area contributed by atoms with E-state index in [1.807, 2.05) is 24.3 Å². The molecule has 172 valence electrons. The zero-order valence-corrected chi connectivity index (χ0v) is 19.3. The maximum absolute atomic E-state index is 13.1. The molecule has 32 heavy (non-hydrogen) atoms. The van der Waals surface area contributed by atoms with Crippen LogP contribution in [0.1, 0.15) is 49.7 Å². The Kier molecular flexibility index (Phi) is 8.05. The highest BCUT2D eigenvalue weighted by Gasteiger charge is 2.29. The van der Waals surface area contributed by atoms with Crippen LogP contribution in [0, 0.1) is 5.92 Å². The molecule has 5 heteroatoms. The fourth-order valence-electron chi connectivity index (χ4n) is 4.87. The summed E-state index contributed by atoms with van der Waals surface area (Å²) < 4.78 is 11.6.